The molecular weight excluding hydrogens is 1220 g/mol. The molecule has 0 aliphatic rings. The van der Waals surface area contributed by atoms with Gasteiger partial charge in [0.2, 0.25) is 3.57 Å². The summed E-state index contributed by atoms with van der Waals surface area (Å²) in [5.74, 6) is -68.8. The summed E-state index contributed by atoms with van der Waals surface area (Å²) in [6.45, 7) is 1.23. The summed E-state index contributed by atoms with van der Waals surface area (Å²) in [5.41, 5.74) is -38.1. The summed E-state index contributed by atoms with van der Waals surface area (Å²) in [4.78, 5) is 0. The lowest BCUT2D eigenvalue weighted by Gasteiger charge is -2.49. The highest BCUT2D eigenvalue weighted by Gasteiger charge is 2.59. The van der Waals surface area contributed by atoms with Crippen molar-refractivity contribution >= 4 is 28.0 Å². The Morgan fingerprint density at radius 2 is 0.613 bits per heavy atom. The average Bonchev–Trinajstić information content (AvgIpc) is 3.31. The third-order valence-electron chi connectivity index (χ3n) is 10.4. The fraction of sp³-hybridized carbons (Fsp3) is 0.163. The Morgan fingerprint density at radius 3 is 0.893 bits per heavy atom. The molecule has 406 valence electrons. The maximum absolute atomic E-state index is 16.0. The van der Waals surface area contributed by atoms with Crippen molar-refractivity contribution in [1.29, 1.82) is 0 Å². The number of hydrogen-bond donors (Lipinski definition) is 0. The van der Waals surface area contributed by atoms with E-state index in [1.54, 1.807) is 7.11 Å². The minimum atomic E-state index is -8.89. The van der Waals surface area contributed by atoms with Crippen LogP contribution in [0.5, 0.6) is 5.75 Å². The Labute approximate surface area is 408 Å². The van der Waals surface area contributed by atoms with Crippen LogP contribution in [0.2, 0.25) is 0 Å². The lowest BCUT2D eigenvalue weighted by molar-refractivity contribution is -0.598. The standard InChI is InChI=1S/C28BF28.C15H16IO2/c30-9-1(25(46,47)48)5(13(34)21(42)17(9)38)29(6-2(26(49,50)51)10(31)18(39)22(43)14(6)35,7-3(27(52,53)54)11(32)19(40)23(44)15(7)36)8-4(28(55,56)57)12(33)20(41)24(45)16(8)37;1-17-11-12-18-15-10-6-5-9-14(15)16-13-7-3-2-4-8-13/h;2-10H,11-12H2,1H3/q-1;+1. The molecule has 0 bridgehead atoms. The normalized spacial score (nSPS) is 12.5. The molecule has 0 aliphatic heterocycles. The molecule has 0 aliphatic carbocycles. The van der Waals surface area contributed by atoms with E-state index in [4.69, 9.17) is 9.47 Å². The minimum Gasteiger partial charge on any atom is -0.486 e. The van der Waals surface area contributed by atoms with Crippen LogP contribution in [0, 0.1) is 100 Å². The molecule has 0 saturated carbocycles. The molecule has 6 aromatic carbocycles. The van der Waals surface area contributed by atoms with Crippen molar-refractivity contribution in [2.75, 3.05) is 20.3 Å². The molecule has 6 rings (SSSR count). The Balaban J connectivity index is 0.000000483. The zero-order valence-corrected chi connectivity index (χ0v) is 37.6. The smallest absolute Gasteiger partial charge is 0.416 e. The second-order valence-electron chi connectivity index (χ2n) is 14.7. The van der Waals surface area contributed by atoms with Crippen LogP contribution in [0.15, 0.2) is 54.6 Å². The fourth-order valence-corrected chi connectivity index (χ4v) is 10.1. The number of methoxy groups -OCH3 is 1. The first-order valence-electron chi connectivity index (χ1n) is 19.3. The van der Waals surface area contributed by atoms with Crippen molar-refractivity contribution < 1.29 is 154 Å². The van der Waals surface area contributed by atoms with E-state index in [-0.39, 0.29) is 21.2 Å². The molecule has 6 aromatic rings. The van der Waals surface area contributed by atoms with E-state index >= 15 is 35.1 Å². The molecule has 0 atom stereocenters. The van der Waals surface area contributed by atoms with Crippen LogP contribution in [0.3, 0.4) is 0 Å². The molecule has 32 heteroatoms. The first kappa shape index (κ1) is 59.8. The van der Waals surface area contributed by atoms with E-state index in [9.17, 15) is 87.8 Å². The second kappa shape index (κ2) is 21.5. The largest absolute Gasteiger partial charge is 0.486 e. The quantitative estimate of drug-likeness (QED) is 0.0341. The van der Waals surface area contributed by atoms with Gasteiger partial charge in [0.05, 0.1) is 28.9 Å². The van der Waals surface area contributed by atoms with Crippen LogP contribution in [-0.4, -0.2) is 26.5 Å². The number of para-hydroxylation sites is 1. The average molecular weight is 1230 g/mol. The molecule has 0 amide bonds. The number of benzene rings is 6. The third-order valence-corrected chi connectivity index (χ3v) is 13.2. The number of rotatable bonds is 10. The van der Waals surface area contributed by atoms with Gasteiger partial charge in [-0.05, 0) is 24.3 Å². The van der Waals surface area contributed by atoms with Crippen LogP contribution in [-0.2, 0) is 29.4 Å². The lowest BCUT2D eigenvalue weighted by atomic mass is 9.11. The van der Waals surface area contributed by atoms with Crippen LogP contribution < -0.4 is 47.8 Å². The Bertz CT molecular complexity index is 2840. The first-order valence-corrected chi connectivity index (χ1v) is 21.4. The monoisotopic (exact) mass is 1230 g/mol. The Hall–Kier alpha value is -6.09. The van der Waals surface area contributed by atoms with E-state index in [2.05, 4.69) is 36.4 Å². The minimum absolute atomic E-state index is 0.181. The van der Waals surface area contributed by atoms with Gasteiger partial charge in [-0.3, -0.25) is 0 Å². The second-order valence-corrected chi connectivity index (χ2v) is 17.6. The van der Waals surface area contributed by atoms with Crippen LogP contribution >= 0.6 is 0 Å². The van der Waals surface area contributed by atoms with Crippen molar-refractivity contribution in [1.82, 2.24) is 0 Å². The highest BCUT2D eigenvalue weighted by molar-refractivity contribution is 7.20. The van der Waals surface area contributed by atoms with E-state index in [1.807, 2.05) is 18.2 Å². The van der Waals surface area contributed by atoms with Gasteiger partial charge in [-0.15, -0.1) is 21.9 Å². The molecule has 0 unspecified atom stereocenters. The Morgan fingerprint density at radius 1 is 0.347 bits per heavy atom. The van der Waals surface area contributed by atoms with Gasteiger partial charge in [0.15, 0.2) is 79.1 Å². The van der Waals surface area contributed by atoms with Crippen molar-refractivity contribution in [3.63, 3.8) is 0 Å². The fourth-order valence-electron chi connectivity index (χ4n) is 7.67. The van der Waals surface area contributed by atoms with Crippen LogP contribution in [0.4, 0.5) is 123 Å². The van der Waals surface area contributed by atoms with Gasteiger partial charge in [0.1, 0.15) is 36.0 Å². The predicted octanol–water partition coefficient (Wildman–Crippen LogP) is 9.20. The topological polar surface area (TPSA) is 18.5 Å². The predicted molar refractivity (Wildman–Crippen MR) is 197 cm³/mol. The highest BCUT2D eigenvalue weighted by Crippen LogP contribution is 2.44. The first-order chi connectivity index (χ1) is 34.4. The zero-order valence-electron chi connectivity index (χ0n) is 35.5. The van der Waals surface area contributed by atoms with Crippen LogP contribution in [0.25, 0.3) is 0 Å². The number of ether oxygens (including phenoxy) is 2. The molecule has 75 heavy (non-hydrogen) atoms. The molecule has 0 spiro atoms. The summed E-state index contributed by atoms with van der Waals surface area (Å²) >= 11 is -0.181. The van der Waals surface area contributed by atoms with E-state index in [0.29, 0.717) is 13.2 Å². The number of alkyl halides is 12. The van der Waals surface area contributed by atoms with Gasteiger partial charge >= 0.3 is 45.9 Å². The third kappa shape index (κ3) is 10.7. The summed E-state index contributed by atoms with van der Waals surface area (Å²) < 4.78 is 431. The van der Waals surface area contributed by atoms with Gasteiger partial charge < -0.3 is 9.47 Å². The van der Waals surface area contributed by atoms with Gasteiger partial charge in [-0.25, -0.2) is 70.2 Å². The summed E-state index contributed by atoms with van der Waals surface area (Å²) in [6.07, 6.45) is -39.5. The van der Waals surface area contributed by atoms with Gasteiger partial charge in [0, 0.05) is 7.11 Å². The summed E-state index contributed by atoms with van der Waals surface area (Å²) in [5, 5.41) is 0. The van der Waals surface area contributed by atoms with Crippen LogP contribution in [0.1, 0.15) is 22.3 Å². The highest BCUT2D eigenvalue weighted by atomic mass is 127. The molecular formula is C43H16BF28IO2. The van der Waals surface area contributed by atoms with Gasteiger partial charge in [-0.2, -0.15) is 52.7 Å². The van der Waals surface area contributed by atoms with Crippen molar-refractivity contribution in [3.05, 3.63) is 177 Å². The molecule has 0 aromatic heterocycles. The van der Waals surface area contributed by atoms with Crippen molar-refractivity contribution in [2.24, 2.45) is 0 Å². The summed E-state index contributed by atoms with van der Waals surface area (Å²) in [7, 11) is 1.69. The maximum Gasteiger partial charge on any atom is 0.416 e. The molecule has 0 N–H and O–H groups in total. The van der Waals surface area contributed by atoms with E-state index in [0.717, 1.165) is 5.75 Å². The molecule has 0 heterocycles. The lowest BCUT2D eigenvalue weighted by Crippen LogP contribution is -3.61. The zero-order chi connectivity index (χ0) is 57.0. The van der Waals surface area contributed by atoms with Crippen molar-refractivity contribution in [2.45, 2.75) is 24.7 Å². The number of hydrogen-bond acceptors (Lipinski definition) is 2. The SMILES string of the molecule is COCCOc1ccccc1[I+]c1ccccc1.Fc1c(F)c(F)c(C(F)(F)F)c([B-](c2c(F)c(F)c(F)c(F)c2C(F)(F)F)(c2c(F)c(F)c(F)c(F)c2C(F)(F)F)c2c(F)c(F)c(F)c(F)c2C(F)(F)F)c1F. The van der Waals surface area contributed by atoms with Gasteiger partial charge in [-0.1, -0.05) is 30.3 Å². The molecule has 0 saturated heterocycles. The molecule has 0 radical (unpaired) electrons. The maximum atomic E-state index is 16.0. The van der Waals surface area contributed by atoms with E-state index in [1.165, 1.54) is 7.14 Å². The number of halogens is 29. The molecule has 2 nitrogen and oxygen atoms in total. The summed E-state index contributed by atoms with van der Waals surface area (Å²) in [6, 6.07) is 18.9. The Kier molecular flexibility index (Phi) is 17.1. The van der Waals surface area contributed by atoms with E-state index < -0.39 is 168 Å². The molecule has 0 fully saturated rings. The van der Waals surface area contributed by atoms with Gasteiger partial charge in [0.25, 0.3) is 0 Å². The van der Waals surface area contributed by atoms with Crippen molar-refractivity contribution in [3.8, 4) is 5.75 Å².